The van der Waals surface area contributed by atoms with Crippen molar-refractivity contribution in [2.45, 2.75) is 6.42 Å². The number of hydrogen-bond donors (Lipinski definition) is 2. The molecular formula is C18H23ClN4O. The lowest BCUT2D eigenvalue weighted by Gasteiger charge is -2.10. The lowest BCUT2D eigenvalue weighted by molar-refractivity contribution is 0.0946. The lowest BCUT2D eigenvalue weighted by atomic mass is 10.1. The molecule has 0 aliphatic rings. The quantitative estimate of drug-likeness (QED) is 0.771. The van der Waals surface area contributed by atoms with Gasteiger partial charge in [0.15, 0.2) is 0 Å². The van der Waals surface area contributed by atoms with Crippen LogP contribution in [0, 0.1) is 0 Å². The molecule has 0 atom stereocenters. The van der Waals surface area contributed by atoms with E-state index in [2.05, 4.69) is 15.6 Å². The molecular weight excluding hydrogens is 324 g/mol. The third-order valence-corrected chi connectivity index (χ3v) is 3.71. The molecule has 2 aromatic rings. The van der Waals surface area contributed by atoms with Gasteiger partial charge in [-0.15, -0.1) is 0 Å². The molecule has 5 nitrogen and oxygen atoms in total. The smallest absolute Gasteiger partial charge is 0.269 e. The molecule has 24 heavy (non-hydrogen) atoms. The molecule has 0 saturated carbocycles. The molecule has 0 spiro atoms. The van der Waals surface area contributed by atoms with Crippen LogP contribution < -0.4 is 10.6 Å². The summed E-state index contributed by atoms with van der Waals surface area (Å²) < 4.78 is 0. The zero-order chi connectivity index (χ0) is 17.4. The number of hydrogen-bond acceptors (Lipinski definition) is 4. The van der Waals surface area contributed by atoms with Gasteiger partial charge in [0.1, 0.15) is 5.69 Å². The van der Waals surface area contributed by atoms with Gasteiger partial charge in [-0.2, -0.15) is 0 Å². The highest BCUT2D eigenvalue weighted by atomic mass is 35.5. The first kappa shape index (κ1) is 18.2. The molecule has 1 aromatic carbocycles. The second kappa shape index (κ2) is 9.25. The van der Waals surface area contributed by atoms with Crippen LogP contribution in [-0.2, 0) is 6.42 Å². The van der Waals surface area contributed by atoms with E-state index in [4.69, 9.17) is 11.6 Å². The highest BCUT2D eigenvalue weighted by molar-refractivity contribution is 6.30. The van der Waals surface area contributed by atoms with Crippen LogP contribution in [0.2, 0.25) is 5.02 Å². The van der Waals surface area contributed by atoms with Gasteiger partial charge in [0.2, 0.25) is 0 Å². The first-order valence-corrected chi connectivity index (χ1v) is 8.29. The van der Waals surface area contributed by atoms with Gasteiger partial charge >= 0.3 is 0 Å². The van der Waals surface area contributed by atoms with Crippen molar-refractivity contribution in [3.8, 4) is 0 Å². The van der Waals surface area contributed by atoms with Crippen molar-refractivity contribution in [3.05, 3.63) is 58.9 Å². The first-order valence-electron chi connectivity index (χ1n) is 7.92. The summed E-state index contributed by atoms with van der Waals surface area (Å²) in [5, 5.41) is 6.89. The van der Waals surface area contributed by atoms with E-state index in [-0.39, 0.29) is 5.91 Å². The standard InChI is InChI=1S/C18H23ClN4O/c1-23(2)11-10-21-18(24)17-7-6-16(13-22-17)20-9-8-14-4-3-5-15(19)12-14/h3-7,12-13,20H,8-11H2,1-2H3,(H,21,24). The Balaban J connectivity index is 1.78. The number of carbonyl (C=O) groups is 1. The van der Waals surface area contributed by atoms with Gasteiger partial charge in [0.05, 0.1) is 11.9 Å². The average Bonchev–Trinajstić information content (AvgIpc) is 2.55. The maximum Gasteiger partial charge on any atom is 0.269 e. The van der Waals surface area contributed by atoms with Crippen molar-refractivity contribution in [2.75, 3.05) is 39.0 Å². The van der Waals surface area contributed by atoms with Crippen molar-refractivity contribution in [1.29, 1.82) is 0 Å². The van der Waals surface area contributed by atoms with Crippen molar-refractivity contribution < 1.29 is 4.79 Å². The number of anilines is 1. The predicted octanol–water partition coefficient (Wildman–Crippen LogP) is 2.68. The summed E-state index contributed by atoms with van der Waals surface area (Å²) in [6.45, 7) is 2.18. The molecule has 0 fully saturated rings. The van der Waals surface area contributed by atoms with Crippen LogP contribution in [0.4, 0.5) is 5.69 Å². The van der Waals surface area contributed by atoms with Crippen molar-refractivity contribution >= 4 is 23.2 Å². The number of likely N-dealkylation sites (N-methyl/N-ethyl adjacent to an activating group) is 1. The highest BCUT2D eigenvalue weighted by Crippen LogP contribution is 2.12. The third-order valence-electron chi connectivity index (χ3n) is 3.47. The normalized spacial score (nSPS) is 10.7. The summed E-state index contributed by atoms with van der Waals surface area (Å²) in [7, 11) is 3.93. The fraction of sp³-hybridized carbons (Fsp3) is 0.333. The lowest BCUT2D eigenvalue weighted by Crippen LogP contribution is -2.31. The van der Waals surface area contributed by atoms with E-state index in [1.54, 1.807) is 12.3 Å². The molecule has 6 heteroatoms. The number of aromatic nitrogens is 1. The van der Waals surface area contributed by atoms with Gasteiger partial charge in [-0.25, -0.2) is 4.98 Å². The monoisotopic (exact) mass is 346 g/mol. The Morgan fingerprint density at radius 3 is 2.71 bits per heavy atom. The number of halogens is 1. The molecule has 1 heterocycles. The molecule has 2 N–H and O–H groups in total. The Kier molecular flexibility index (Phi) is 7.03. The van der Waals surface area contributed by atoms with E-state index < -0.39 is 0 Å². The van der Waals surface area contributed by atoms with E-state index in [0.29, 0.717) is 12.2 Å². The maximum absolute atomic E-state index is 11.9. The molecule has 2 rings (SSSR count). The molecule has 0 radical (unpaired) electrons. The van der Waals surface area contributed by atoms with Crippen LogP contribution in [0.3, 0.4) is 0 Å². The number of benzene rings is 1. The number of pyridine rings is 1. The van der Waals surface area contributed by atoms with Gasteiger partial charge in [-0.1, -0.05) is 23.7 Å². The van der Waals surface area contributed by atoms with Crippen molar-refractivity contribution in [3.63, 3.8) is 0 Å². The fourth-order valence-corrected chi connectivity index (χ4v) is 2.37. The van der Waals surface area contributed by atoms with Gasteiger partial charge in [-0.05, 0) is 50.3 Å². The Hall–Kier alpha value is -2.11. The maximum atomic E-state index is 11.9. The van der Waals surface area contributed by atoms with Crippen LogP contribution >= 0.6 is 11.6 Å². The molecule has 1 aromatic heterocycles. The fourth-order valence-electron chi connectivity index (χ4n) is 2.16. The predicted molar refractivity (Wildman–Crippen MR) is 98.8 cm³/mol. The van der Waals surface area contributed by atoms with Gasteiger partial charge in [0.25, 0.3) is 5.91 Å². The Morgan fingerprint density at radius 2 is 2.04 bits per heavy atom. The molecule has 1 amide bonds. The summed E-state index contributed by atoms with van der Waals surface area (Å²) in [5.74, 6) is -0.151. The van der Waals surface area contributed by atoms with E-state index in [1.165, 1.54) is 5.56 Å². The van der Waals surface area contributed by atoms with Crippen LogP contribution in [-0.4, -0.2) is 49.5 Å². The number of nitrogens with zero attached hydrogens (tertiary/aromatic N) is 2. The minimum absolute atomic E-state index is 0.151. The van der Waals surface area contributed by atoms with E-state index >= 15 is 0 Å². The average molecular weight is 347 g/mol. The second-order valence-corrected chi connectivity index (χ2v) is 6.23. The molecule has 0 saturated heterocycles. The molecule has 0 unspecified atom stereocenters. The number of amides is 1. The second-order valence-electron chi connectivity index (χ2n) is 5.80. The number of rotatable bonds is 8. The van der Waals surface area contributed by atoms with Crippen molar-refractivity contribution in [1.82, 2.24) is 15.2 Å². The summed E-state index contributed by atoms with van der Waals surface area (Å²) in [5.41, 5.74) is 2.50. The molecule has 0 aliphatic heterocycles. The summed E-state index contributed by atoms with van der Waals surface area (Å²) in [4.78, 5) is 18.2. The third kappa shape index (κ3) is 6.18. The van der Waals surface area contributed by atoms with Crippen LogP contribution in [0.1, 0.15) is 16.1 Å². The Bertz CT molecular complexity index is 658. The van der Waals surface area contributed by atoms with Crippen LogP contribution in [0.25, 0.3) is 0 Å². The zero-order valence-electron chi connectivity index (χ0n) is 14.1. The van der Waals surface area contributed by atoms with Crippen molar-refractivity contribution in [2.24, 2.45) is 0 Å². The molecule has 128 valence electrons. The number of carbonyl (C=O) groups excluding carboxylic acids is 1. The van der Waals surface area contributed by atoms with Crippen LogP contribution in [0.15, 0.2) is 42.6 Å². The minimum atomic E-state index is -0.151. The minimum Gasteiger partial charge on any atom is -0.383 e. The zero-order valence-corrected chi connectivity index (χ0v) is 14.8. The summed E-state index contributed by atoms with van der Waals surface area (Å²) in [6, 6.07) is 11.4. The first-order chi connectivity index (χ1) is 11.5. The topological polar surface area (TPSA) is 57.3 Å². The summed E-state index contributed by atoms with van der Waals surface area (Å²) >= 11 is 5.97. The number of nitrogens with one attached hydrogen (secondary N) is 2. The molecule has 0 bridgehead atoms. The van der Waals surface area contributed by atoms with E-state index in [1.807, 2.05) is 49.3 Å². The van der Waals surface area contributed by atoms with Gasteiger partial charge in [0, 0.05) is 24.7 Å². The summed E-state index contributed by atoms with van der Waals surface area (Å²) in [6.07, 6.45) is 2.55. The van der Waals surface area contributed by atoms with E-state index in [9.17, 15) is 4.79 Å². The van der Waals surface area contributed by atoms with Gasteiger partial charge in [-0.3, -0.25) is 4.79 Å². The van der Waals surface area contributed by atoms with Crippen LogP contribution in [0.5, 0.6) is 0 Å². The van der Waals surface area contributed by atoms with E-state index in [0.717, 1.165) is 30.2 Å². The SMILES string of the molecule is CN(C)CCNC(=O)c1ccc(NCCc2cccc(Cl)c2)cn1. The Labute approximate surface area is 148 Å². The molecule has 0 aliphatic carbocycles. The largest absolute Gasteiger partial charge is 0.383 e. The highest BCUT2D eigenvalue weighted by Gasteiger charge is 2.06. The Morgan fingerprint density at radius 1 is 1.21 bits per heavy atom. The van der Waals surface area contributed by atoms with Gasteiger partial charge < -0.3 is 15.5 Å².